The van der Waals surface area contributed by atoms with Gasteiger partial charge in [0, 0.05) is 7.05 Å². The minimum Gasteiger partial charge on any atom is -0.369 e. The van der Waals surface area contributed by atoms with Crippen molar-refractivity contribution < 1.29 is 17.2 Å². The Kier molecular flexibility index (Phi) is 4.41. The van der Waals surface area contributed by atoms with Crippen molar-refractivity contribution in [2.75, 3.05) is 7.05 Å². The van der Waals surface area contributed by atoms with E-state index in [2.05, 4.69) is 6.58 Å². The number of guanidine groups is 1. The van der Waals surface area contributed by atoms with Gasteiger partial charge in [0.25, 0.3) is 0 Å². The Morgan fingerprint density at radius 3 is 2.18 bits per heavy atom. The van der Waals surface area contributed by atoms with Crippen molar-refractivity contribution in [3.63, 3.8) is 0 Å². The number of sulfonamides is 1. The van der Waals surface area contributed by atoms with Crippen LogP contribution in [-0.2, 0) is 10.0 Å². The molecular formula is C9H15F2N3O2S. The summed E-state index contributed by atoms with van der Waals surface area (Å²) in [6.45, 7) is 4.95. The van der Waals surface area contributed by atoms with Crippen LogP contribution >= 0.6 is 0 Å². The summed E-state index contributed by atoms with van der Waals surface area (Å²) < 4.78 is 48.6. The lowest BCUT2D eigenvalue weighted by molar-refractivity contribution is 0.451. The third kappa shape index (κ3) is 2.63. The van der Waals surface area contributed by atoms with Crippen LogP contribution in [0.25, 0.3) is 0 Å². The lowest BCUT2D eigenvalue weighted by Crippen LogP contribution is -2.48. The minimum absolute atomic E-state index is 0.378. The van der Waals surface area contributed by atoms with E-state index < -0.39 is 32.4 Å². The Balaban J connectivity index is 5.79. The van der Waals surface area contributed by atoms with Crippen LogP contribution in [0.5, 0.6) is 0 Å². The molecule has 0 radical (unpaired) electrons. The summed E-state index contributed by atoms with van der Waals surface area (Å²) in [5, 5.41) is 7.00. The first-order valence-corrected chi connectivity index (χ1v) is 5.94. The lowest BCUT2D eigenvalue weighted by atomic mass is 10.1. The van der Waals surface area contributed by atoms with Crippen molar-refractivity contribution in [3.05, 3.63) is 24.3 Å². The standard InChI is InChI=1S/C9H15F2N3O2S/c1-5-6(10)7(11)9(2,3)17(15,16)14(4)8(12)13/h5H,1H2,2-4H3,(H3,12,13)/b7-6-. The molecule has 0 aromatic rings. The van der Waals surface area contributed by atoms with Gasteiger partial charge < -0.3 is 5.73 Å². The van der Waals surface area contributed by atoms with Crippen LogP contribution < -0.4 is 5.73 Å². The normalized spacial score (nSPS) is 13.9. The molecular weight excluding hydrogens is 252 g/mol. The molecule has 0 fully saturated rings. The van der Waals surface area contributed by atoms with Crippen molar-refractivity contribution in [1.82, 2.24) is 4.31 Å². The van der Waals surface area contributed by atoms with Gasteiger partial charge in [0.05, 0.1) is 0 Å². The van der Waals surface area contributed by atoms with E-state index in [0.29, 0.717) is 10.4 Å². The topological polar surface area (TPSA) is 87.2 Å². The Labute approximate surface area is 99.2 Å². The van der Waals surface area contributed by atoms with Gasteiger partial charge in [-0.2, -0.15) is 0 Å². The molecule has 0 bridgehead atoms. The maximum absolute atomic E-state index is 13.6. The summed E-state index contributed by atoms with van der Waals surface area (Å²) >= 11 is 0. The third-order valence-electron chi connectivity index (χ3n) is 2.26. The smallest absolute Gasteiger partial charge is 0.249 e. The fraction of sp³-hybridized carbons (Fsp3) is 0.444. The molecule has 17 heavy (non-hydrogen) atoms. The summed E-state index contributed by atoms with van der Waals surface area (Å²) in [5.74, 6) is -3.64. The second-order valence-electron chi connectivity index (χ2n) is 3.73. The van der Waals surface area contributed by atoms with Crippen LogP contribution in [0.2, 0.25) is 0 Å². The molecule has 8 heteroatoms. The zero-order valence-corrected chi connectivity index (χ0v) is 10.6. The van der Waals surface area contributed by atoms with Crippen LogP contribution in [0, 0.1) is 5.41 Å². The van der Waals surface area contributed by atoms with Crippen LogP contribution in [0.4, 0.5) is 8.78 Å². The first kappa shape index (κ1) is 15.6. The zero-order chi connectivity index (χ0) is 14.0. The third-order valence-corrected chi connectivity index (χ3v) is 4.65. The number of nitrogens with two attached hydrogens (primary N) is 1. The van der Waals surface area contributed by atoms with E-state index in [1.165, 1.54) is 0 Å². The van der Waals surface area contributed by atoms with Gasteiger partial charge in [-0.3, -0.25) is 5.41 Å². The molecule has 0 spiro atoms. The number of hydrogen-bond donors (Lipinski definition) is 2. The summed E-state index contributed by atoms with van der Waals surface area (Å²) in [6.07, 6.45) is 0.570. The largest absolute Gasteiger partial charge is 0.369 e. The number of halogens is 2. The number of nitrogens with zero attached hydrogens (tertiary/aromatic N) is 1. The first-order chi connectivity index (χ1) is 7.50. The summed E-state index contributed by atoms with van der Waals surface area (Å²) in [7, 11) is -3.34. The Hall–Kier alpha value is -1.44. The van der Waals surface area contributed by atoms with Gasteiger partial charge in [0.2, 0.25) is 16.0 Å². The van der Waals surface area contributed by atoms with E-state index in [0.717, 1.165) is 20.9 Å². The first-order valence-electron chi connectivity index (χ1n) is 4.50. The molecule has 3 N–H and O–H groups in total. The monoisotopic (exact) mass is 267 g/mol. The highest BCUT2D eigenvalue weighted by Gasteiger charge is 2.44. The van der Waals surface area contributed by atoms with Crippen molar-refractivity contribution in [2.45, 2.75) is 18.6 Å². The van der Waals surface area contributed by atoms with Crippen molar-refractivity contribution in [2.24, 2.45) is 5.73 Å². The van der Waals surface area contributed by atoms with Gasteiger partial charge in [0.15, 0.2) is 11.7 Å². The van der Waals surface area contributed by atoms with Crippen molar-refractivity contribution in [1.29, 1.82) is 5.41 Å². The average Bonchev–Trinajstić information content (AvgIpc) is 2.25. The van der Waals surface area contributed by atoms with Crippen molar-refractivity contribution in [3.8, 4) is 0 Å². The highest BCUT2D eigenvalue weighted by molar-refractivity contribution is 7.91. The highest BCUT2D eigenvalue weighted by atomic mass is 32.2. The summed E-state index contributed by atoms with van der Waals surface area (Å²) in [4.78, 5) is 0. The molecule has 0 atom stereocenters. The minimum atomic E-state index is -4.33. The van der Waals surface area contributed by atoms with E-state index in [-0.39, 0.29) is 0 Å². The average molecular weight is 267 g/mol. The van der Waals surface area contributed by atoms with Gasteiger partial charge in [0.1, 0.15) is 4.75 Å². The molecule has 0 unspecified atom stereocenters. The predicted molar refractivity (Wildman–Crippen MR) is 62.1 cm³/mol. The molecule has 0 amide bonds. The second-order valence-corrected chi connectivity index (χ2v) is 6.25. The molecule has 0 heterocycles. The fourth-order valence-corrected chi connectivity index (χ4v) is 2.23. The SMILES string of the molecule is C=C/C(F)=C(/F)C(C)(C)S(=O)(=O)N(C)C(=N)N. The van der Waals surface area contributed by atoms with Crippen molar-refractivity contribution >= 4 is 16.0 Å². The molecule has 0 aromatic carbocycles. The van der Waals surface area contributed by atoms with Crippen LogP contribution in [-0.4, -0.2) is 30.5 Å². The molecule has 0 saturated carbocycles. The fourth-order valence-electron chi connectivity index (χ4n) is 0.962. The molecule has 98 valence electrons. The van der Waals surface area contributed by atoms with E-state index in [9.17, 15) is 17.2 Å². The highest BCUT2D eigenvalue weighted by Crippen LogP contribution is 2.32. The van der Waals surface area contributed by atoms with E-state index in [1.807, 2.05) is 0 Å². The molecule has 0 aliphatic heterocycles. The molecule has 0 aromatic heterocycles. The maximum Gasteiger partial charge on any atom is 0.249 e. The van der Waals surface area contributed by atoms with Gasteiger partial charge in [-0.25, -0.2) is 21.5 Å². The Bertz CT molecular complexity index is 469. The molecule has 0 aliphatic carbocycles. The van der Waals surface area contributed by atoms with Gasteiger partial charge in [-0.05, 0) is 19.9 Å². The lowest BCUT2D eigenvalue weighted by Gasteiger charge is -2.29. The number of nitrogens with one attached hydrogen (secondary N) is 1. The molecule has 5 nitrogen and oxygen atoms in total. The quantitative estimate of drug-likeness (QED) is 0.456. The Morgan fingerprint density at radius 2 is 1.88 bits per heavy atom. The van der Waals surface area contributed by atoms with Crippen LogP contribution in [0.1, 0.15) is 13.8 Å². The van der Waals surface area contributed by atoms with Gasteiger partial charge in [-0.15, -0.1) is 0 Å². The van der Waals surface area contributed by atoms with Crippen LogP contribution in [0.15, 0.2) is 24.3 Å². The van der Waals surface area contributed by atoms with E-state index in [4.69, 9.17) is 11.1 Å². The van der Waals surface area contributed by atoms with Crippen LogP contribution in [0.3, 0.4) is 0 Å². The molecule has 0 aliphatic rings. The molecule has 0 saturated heterocycles. The zero-order valence-electron chi connectivity index (χ0n) is 9.79. The number of hydrogen-bond acceptors (Lipinski definition) is 3. The molecule has 0 rings (SSSR count). The summed E-state index contributed by atoms with van der Waals surface area (Å²) in [6, 6.07) is 0. The number of allylic oxidation sites excluding steroid dienone is 2. The second kappa shape index (κ2) is 4.82. The Morgan fingerprint density at radius 1 is 1.47 bits per heavy atom. The van der Waals surface area contributed by atoms with Gasteiger partial charge >= 0.3 is 0 Å². The predicted octanol–water partition coefficient (Wildman–Crippen LogP) is 1.26. The van der Waals surface area contributed by atoms with E-state index >= 15 is 0 Å². The maximum atomic E-state index is 13.6. The van der Waals surface area contributed by atoms with E-state index in [1.54, 1.807) is 0 Å². The summed E-state index contributed by atoms with van der Waals surface area (Å²) in [5.41, 5.74) is 5.01. The number of rotatable bonds is 4. The van der Waals surface area contributed by atoms with Gasteiger partial charge in [-0.1, -0.05) is 6.58 Å².